The molecule has 4 heteroatoms. The molecule has 0 heterocycles. The number of hydrogen-bond acceptors (Lipinski definition) is 1. The van der Waals surface area contributed by atoms with Crippen LogP contribution in [0.5, 0.6) is 0 Å². The van der Waals surface area contributed by atoms with Crippen LogP contribution < -0.4 is 0 Å². The second-order valence-corrected chi connectivity index (χ2v) is 4.43. The SMILES string of the molecule is CN(C)C([SiH3])C(Cl)CCl. The molecule has 0 rings (SSSR count). The average Bonchev–Trinajstić information content (AvgIpc) is 1.84. The van der Waals surface area contributed by atoms with Gasteiger partial charge in [-0.25, -0.2) is 0 Å². The molecule has 0 saturated carbocycles. The third-order valence-corrected chi connectivity index (χ3v) is 4.75. The maximum absolute atomic E-state index is 5.87. The van der Waals surface area contributed by atoms with Crippen LogP contribution in [-0.4, -0.2) is 46.2 Å². The minimum atomic E-state index is 0.119. The monoisotopic (exact) mass is 185 g/mol. The quantitative estimate of drug-likeness (QED) is 0.446. The third-order valence-electron chi connectivity index (χ3n) is 1.49. The Morgan fingerprint density at radius 1 is 1.56 bits per heavy atom. The molecule has 1 nitrogen and oxygen atoms in total. The molecule has 9 heavy (non-hydrogen) atoms. The van der Waals surface area contributed by atoms with Crippen molar-refractivity contribution in [3.63, 3.8) is 0 Å². The minimum Gasteiger partial charge on any atom is -0.309 e. The molecule has 0 spiro atoms. The second kappa shape index (κ2) is 4.55. The van der Waals surface area contributed by atoms with Gasteiger partial charge in [-0.1, -0.05) is 0 Å². The van der Waals surface area contributed by atoms with Crippen LogP contribution in [-0.2, 0) is 0 Å². The molecule has 0 fully saturated rings. The lowest BCUT2D eigenvalue weighted by Gasteiger charge is -2.22. The fourth-order valence-corrected chi connectivity index (χ4v) is 1.47. The van der Waals surface area contributed by atoms with Gasteiger partial charge in [0.1, 0.15) is 0 Å². The van der Waals surface area contributed by atoms with Crippen molar-refractivity contribution in [3.8, 4) is 0 Å². The molecule has 0 bridgehead atoms. The van der Waals surface area contributed by atoms with Crippen LogP contribution in [0.3, 0.4) is 0 Å². The maximum atomic E-state index is 5.87. The van der Waals surface area contributed by atoms with Gasteiger partial charge in [-0.05, 0) is 14.1 Å². The summed E-state index contributed by atoms with van der Waals surface area (Å²) in [5.74, 6) is 0.550. The van der Waals surface area contributed by atoms with Gasteiger partial charge in [0.05, 0.1) is 5.38 Å². The number of rotatable bonds is 3. The second-order valence-electron chi connectivity index (χ2n) is 2.37. The average molecular weight is 186 g/mol. The summed E-state index contributed by atoms with van der Waals surface area (Å²) in [6, 6.07) is 0. The van der Waals surface area contributed by atoms with Crippen LogP contribution in [0.15, 0.2) is 0 Å². The summed E-state index contributed by atoms with van der Waals surface area (Å²) in [6.45, 7) is 0. The number of halogens is 2. The van der Waals surface area contributed by atoms with Crippen LogP contribution in [0.1, 0.15) is 0 Å². The summed E-state index contributed by atoms with van der Waals surface area (Å²) >= 11 is 11.4. The third kappa shape index (κ3) is 3.46. The molecule has 0 N–H and O–H groups in total. The highest BCUT2D eigenvalue weighted by Gasteiger charge is 2.13. The van der Waals surface area contributed by atoms with Crippen molar-refractivity contribution in [1.29, 1.82) is 0 Å². The Kier molecular flexibility index (Phi) is 4.94. The zero-order chi connectivity index (χ0) is 7.44. The summed E-state index contributed by atoms with van der Waals surface area (Å²) < 4.78 is 0. The van der Waals surface area contributed by atoms with Crippen molar-refractivity contribution < 1.29 is 0 Å². The molecular weight excluding hydrogens is 173 g/mol. The standard InChI is InChI=1S/C5H13Cl2NSi/c1-8(2)5(9)4(7)3-6/h4-5H,3H2,1-2,9H3. The molecule has 0 aromatic heterocycles. The molecule has 0 aliphatic rings. The maximum Gasteiger partial charge on any atom is 0.0590 e. The number of hydrogen-bond donors (Lipinski definition) is 0. The molecule has 0 saturated heterocycles. The van der Waals surface area contributed by atoms with Crippen molar-refractivity contribution >= 4 is 33.4 Å². The molecule has 0 aromatic rings. The van der Waals surface area contributed by atoms with E-state index >= 15 is 0 Å². The van der Waals surface area contributed by atoms with Crippen molar-refractivity contribution in [2.24, 2.45) is 0 Å². The fraction of sp³-hybridized carbons (Fsp3) is 1.00. The Labute approximate surface area is 69.7 Å². The van der Waals surface area contributed by atoms with E-state index in [1.165, 1.54) is 0 Å². The molecular formula is C5H13Cl2NSi. The zero-order valence-corrected chi connectivity index (χ0v) is 9.58. The van der Waals surface area contributed by atoms with Crippen molar-refractivity contribution in [1.82, 2.24) is 4.90 Å². The van der Waals surface area contributed by atoms with E-state index in [1.807, 2.05) is 14.1 Å². The number of alkyl halides is 2. The first-order chi connectivity index (χ1) is 4.09. The van der Waals surface area contributed by atoms with Gasteiger partial charge in [0, 0.05) is 21.8 Å². The van der Waals surface area contributed by atoms with Gasteiger partial charge in [0.25, 0.3) is 0 Å². The van der Waals surface area contributed by atoms with Gasteiger partial charge in [-0.15, -0.1) is 23.2 Å². The van der Waals surface area contributed by atoms with Gasteiger partial charge >= 0.3 is 0 Å². The molecule has 56 valence electrons. The van der Waals surface area contributed by atoms with E-state index < -0.39 is 0 Å². The van der Waals surface area contributed by atoms with E-state index in [0.29, 0.717) is 11.5 Å². The predicted molar refractivity (Wildman–Crippen MR) is 47.8 cm³/mol. The Morgan fingerprint density at radius 2 is 2.00 bits per heavy atom. The molecule has 0 aromatic carbocycles. The van der Waals surface area contributed by atoms with Crippen LogP contribution in [0.2, 0.25) is 0 Å². The van der Waals surface area contributed by atoms with Crippen molar-refractivity contribution in [2.45, 2.75) is 11.0 Å². The lowest BCUT2D eigenvalue weighted by molar-refractivity contribution is 0.372. The van der Waals surface area contributed by atoms with Crippen molar-refractivity contribution in [2.75, 3.05) is 20.0 Å². The first-order valence-corrected chi connectivity index (χ1v) is 5.08. The molecule has 0 amide bonds. The summed E-state index contributed by atoms with van der Waals surface area (Å²) in [6.07, 6.45) is 0. The topological polar surface area (TPSA) is 3.24 Å². The summed E-state index contributed by atoms with van der Waals surface area (Å²) in [4.78, 5) is 2.12. The predicted octanol–water partition coefficient (Wildman–Crippen LogP) is 0.0857. The van der Waals surface area contributed by atoms with Gasteiger partial charge in [0.15, 0.2) is 0 Å². The van der Waals surface area contributed by atoms with Gasteiger partial charge in [-0.2, -0.15) is 0 Å². The van der Waals surface area contributed by atoms with E-state index in [9.17, 15) is 0 Å². The van der Waals surface area contributed by atoms with E-state index in [4.69, 9.17) is 23.2 Å². The Bertz CT molecular complexity index is 79.4. The molecule has 2 atom stereocenters. The van der Waals surface area contributed by atoms with Gasteiger partial charge in [0.2, 0.25) is 0 Å². The molecule has 0 radical (unpaired) electrons. The largest absolute Gasteiger partial charge is 0.309 e. The lowest BCUT2D eigenvalue weighted by Crippen LogP contribution is -2.37. The van der Waals surface area contributed by atoms with Crippen LogP contribution >= 0.6 is 23.2 Å². The minimum absolute atomic E-state index is 0.119. The Morgan fingerprint density at radius 3 is 2.11 bits per heavy atom. The highest BCUT2D eigenvalue weighted by molar-refractivity contribution is 6.31. The Hall–Kier alpha value is 0.757. The summed E-state index contributed by atoms with van der Waals surface area (Å²) in [5.41, 5.74) is 0.490. The first kappa shape index (κ1) is 9.76. The molecule has 2 unspecified atom stereocenters. The highest BCUT2D eigenvalue weighted by atomic mass is 35.5. The highest BCUT2D eigenvalue weighted by Crippen LogP contribution is 2.05. The van der Waals surface area contributed by atoms with E-state index in [-0.39, 0.29) is 5.38 Å². The van der Waals surface area contributed by atoms with Crippen LogP contribution in [0.25, 0.3) is 0 Å². The first-order valence-electron chi connectivity index (χ1n) is 2.96. The van der Waals surface area contributed by atoms with Gasteiger partial charge in [-0.3, -0.25) is 0 Å². The summed E-state index contributed by atoms with van der Waals surface area (Å²) in [5, 5.41) is 0.119. The van der Waals surface area contributed by atoms with Crippen LogP contribution in [0.4, 0.5) is 0 Å². The normalized spacial score (nSPS) is 18.3. The van der Waals surface area contributed by atoms with Crippen molar-refractivity contribution in [3.05, 3.63) is 0 Å². The molecule has 0 aliphatic heterocycles. The Balaban J connectivity index is 3.58. The van der Waals surface area contributed by atoms with E-state index in [2.05, 4.69) is 4.90 Å². The van der Waals surface area contributed by atoms with E-state index in [1.54, 1.807) is 0 Å². The fourth-order valence-electron chi connectivity index (χ4n) is 0.452. The smallest absolute Gasteiger partial charge is 0.0590 e. The molecule has 0 aliphatic carbocycles. The van der Waals surface area contributed by atoms with Crippen LogP contribution in [0, 0.1) is 0 Å². The summed E-state index contributed by atoms with van der Waals surface area (Å²) in [7, 11) is 5.13. The number of nitrogens with zero attached hydrogens (tertiary/aromatic N) is 1. The van der Waals surface area contributed by atoms with Gasteiger partial charge < -0.3 is 4.90 Å². The van der Waals surface area contributed by atoms with E-state index in [0.717, 1.165) is 10.2 Å². The zero-order valence-electron chi connectivity index (χ0n) is 6.06. The lowest BCUT2D eigenvalue weighted by atomic mass is 10.4.